The van der Waals surface area contributed by atoms with Crippen LogP contribution in [0.4, 0.5) is 0 Å². The zero-order chi connectivity index (χ0) is 27.5. The third-order valence-electron chi connectivity index (χ3n) is 6.07. The van der Waals surface area contributed by atoms with Gasteiger partial charge in [0.05, 0.1) is 13.7 Å². The first-order valence-corrected chi connectivity index (χ1v) is 13.1. The van der Waals surface area contributed by atoms with Crippen LogP contribution in [-0.4, -0.2) is 42.0 Å². The second-order valence-corrected chi connectivity index (χ2v) is 10.6. The normalized spacial score (nSPS) is 11.9. The largest absolute Gasteiger partial charge is 0.497 e. The summed E-state index contributed by atoms with van der Waals surface area (Å²) in [5.74, 6) is 1.25. The lowest BCUT2D eigenvalue weighted by atomic mass is 10.00. The maximum Gasteiger partial charge on any atom is 0.243 e. The van der Waals surface area contributed by atoms with Gasteiger partial charge in [0.2, 0.25) is 11.8 Å². The van der Waals surface area contributed by atoms with Crippen molar-refractivity contribution in [1.29, 1.82) is 0 Å². The van der Waals surface area contributed by atoms with Gasteiger partial charge in [0.1, 0.15) is 17.5 Å². The molecule has 0 fully saturated rings. The lowest BCUT2D eigenvalue weighted by Gasteiger charge is -2.34. The molecule has 6 nitrogen and oxygen atoms in total. The van der Waals surface area contributed by atoms with Gasteiger partial charge in [-0.2, -0.15) is 0 Å². The van der Waals surface area contributed by atoms with Gasteiger partial charge in [-0.1, -0.05) is 60.2 Å². The van der Waals surface area contributed by atoms with E-state index >= 15 is 0 Å². The third kappa shape index (κ3) is 9.25. The zero-order valence-corrected chi connectivity index (χ0v) is 23.2. The lowest BCUT2D eigenvalue weighted by molar-refractivity contribution is -0.142. The molecule has 0 unspecified atom stereocenters. The van der Waals surface area contributed by atoms with E-state index in [1.807, 2.05) is 100 Å². The van der Waals surface area contributed by atoms with Crippen LogP contribution in [0.25, 0.3) is 0 Å². The molecule has 1 atom stereocenters. The number of hydrogen-bond donors (Lipinski definition) is 1. The molecular weight excluding hydrogens is 476 g/mol. The third-order valence-corrected chi connectivity index (χ3v) is 6.07. The number of benzene rings is 3. The minimum atomic E-state index is -0.646. The van der Waals surface area contributed by atoms with Crippen molar-refractivity contribution in [3.8, 4) is 11.5 Å². The average molecular weight is 517 g/mol. The molecule has 6 heteroatoms. The zero-order valence-electron chi connectivity index (χ0n) is 23.2. The number of nitrogens with one attached hydrogen (secondary N) is 1. The number of methoxy groups -OCH3 is 1. The predicted molar refractivity (Wildman–Crippen MR) is 151 cm³/mol. The van der Waals surface area contributed by atoms with Crippen molar-refractivity contribution in [2.75, 3.05) is 13.7 Å². The fourth-order valence-corrected chi connectivity index (χ4v) is 4.24. The maximum atomic E-state index is 13.7. The van der Waals surface area contributed by atoms with Crippen molar-refractivity contribution in [1.82, 2.24) is 10.2 Å². The number of ether oxygens (including phenoxy) is 2. The van der Waals surface area contributed by atoms with E-state index in [2.05, 4.69) is 11.4 Å². The first-order chi connectivity index (χ1) is 18.1. The standard InChI is InChI=1S/C32H40N2O4/c1-24-11-9-14-26(21-24)23-34(30(35)15-10-20-38-28-18-16-27(37-5)17-19-28)29(31(36)33-32(2,3)4)22-25-12-7-6-8-13-25/h6-9,11-14,16-19,21,29H,10,15,20,22-23H2,1-5H3,(H,33,36)/t29-/m1/s1. The van der Waals surface area contributed by atoms with E-state index in [1.54, 1.807) is 12.0 Å². The molecule has 3 rings (SSSR count). The van der Waals surface area contributed by atoms with Crippen molar-refractivity contribution >= 4 is 11.8 Å². The highest BCUT2D eigenvalue weighted by molar-refractivity contribution is 5.88. The minimum absolute atomic E-state index is 0.0742. The molecule has 0 bridgehead atoms. The second kappa shape index (κ2) is 13.7. The van der Waals surface area contributed by atoms with Crippen LogP contribution in [-0.2, 0) is 22.6 Å². The molecule has 0 aliphatic carbocycles. The molecule has 0 aliphatic heterocycles. The van der Waals surface area contributed by atoms with Crippen molar-refractivity contribution in [2.45, 2.75) is 65.1 Å². The van der Waals surface area contributed by atoms with E-state index in [9.17, 15) is 9.59 Å². The van der Waals surface area contributed by atoms with Gasteiger partial charge in [0.25, 0.3) is 0 Å². The molecule has 0 aromatic heterocycles. The van der Waals surface area contributed by atoms with E-state index in [0.717, 1.165) is 28.2 Å². The molecule has 0 heterocycles. The second-order valence-electron chi connectivity index (χ2n) is 10.6. The molecule has 0 saturated carbocycles. The van der Waals surface area contributed by atoms with Crippen LogP contribution in [0.1, 0.15) is 50.3 Å². The summed E-state index contributed by atoms with van der Waals surface area (Å²) in [5.41, 5.74) is 2.69. The Labute approximate surface area is 227 Å². The summed E-state index contributed by atoms with van der Waals surface area (Å²) in [6.07, 6.45) is 1.24. The Morgan fingerprint density at radius 2 is 1.55 bits per heavy atom. The van der Waals surface area contributed by atoms with E-state index < -0.39 is 11.6 Å². The molecule has 0 spiro atoms. The molecular formula is C32H40N2O4. The molecule has 2 amide bonds. The Morgan fingerprint density at radius 3 is 2.18 bits per heavy atom. The number of aryl methyl sites for hydroxylation is 1. The monoisotopic (exact) mass is 516 g/mol. The van der Waals surface area contributed by atoms with E-state index in [0.29, 0.717) is 26.0 Å². The number of rotatable bonds is 12. The fourth-order valence-electron chi connectivity index (χ4n) is 4.24. The maximum absolute atomic E-state index is 13.7. The SMILES string of the molecule is COc1ccc(OCCCC(=O)N(Cc2cccc(C)c2)[C@H](Cc2ccccc2)C(=O)NC(C)(C)C)cc1. The predicted octanol–water partition coefficient (Wildman–Crippen LogP) is 5.72. The number of amides is 2. The number of hydrogen-bond acceptors (Lipinski definition) is 4. The van der Waals surface area contributed by atoms with Crippen molar-refractivity contribution in [2.24, 2.45) is 0 Å². The van der Waals surface area contributed by atoms with E-state index in [4.69, 9.17) is 9.47 Å². The molecule has 0 aliphatic rings. The molecule has 3 aromatic carbocycles. The highest BCUT2D eigenvalue weighted by Crippen LogP contribution is 2.20. The fraction of sp³-hybridized carbons (Fsp3) is 0.375. The minimum Gasteiger partial charge on any atom is -0.497 e. The van der Waals surface area contributed by atoms with Crippen LogP contribution in [0.5, 0.6) is 11.5 Å². The van der Waals surface area contributed by atoms with Gasteiger partial charge in [-0.15, -0.1) is 0 Å². The lowest BCUT2D eigenvalue weighted by Crippen LogP contribution is -2.54. The molecule has 0 radical (unpaired) electrons. The van der Waals surface area contributed by atoms with Crippen LogP contribution in [0.3, 0.4) is 0 Å². The number of carbonyl (C=O) groups is 2. The first-order valence-electron chi connectivity index (χ1n) is 13.1. The summed E-state index contributed by atoms with van der Waals surface area (Å²) in [4.78, 5) is 29.0. The Hall–Kier alpha value is -3.80. The molecule has 0 saturated heterocycles. The highest BCUT2D eigenvalue weighted by Gasteiger charge is 2.32. The smallest absolute Gasteiger partial charge is 0.243 e. The summed E-state index contributed by atoms with van der Waals surface area (Å²) < 4.78 is 11.0. The quantitative estimate of drug-likeness (QED) is 0.313. The van der Waals surface area contributed by atoms with Gasteiger partial charge in [-0.25, -0.2) is 0 Å². The van der Waals surface area contributed by atoms with E-state index in [1.165, 1.54) is 0 Å². The van der Waals surface area contributed by atoms with Crippen LogP contribution in [0.15, 0.2) is 78.9 Å². The average Bonchev–Trinajstić information content (AvgIpc) is 2.88. The molecule has 202 valence electrons. The van der Waals surface area contributed by atoms with Gasteiger partial charge >= 0.3 is 0 Å². The van der Waals surface area contributed by atoms with Crippen molar-refractivity contribution in [3.05, 3.63) is 95.6 Å². The van der Waals surface area contributed by atoms with Gasteiger partial charge in [-0.05, 0) is 69.5 Å². The molecule has 38 heavy (non-hydrogen) atoms. The van der Waals surface area contributed by atoms with Crippen LogP contribution in [0, 0.1) is 6.92 Å². The molecule has 3 aromatic rings. The van der Waals surface area contributed by atoms with Crippen LogP contribution in [0.2, 0.25) is 0 Å². The highest BCUT2D eigenvalue weighted by atomic mass is 16.5. The topological polar surface area (TPSA) is 67.9 Å². The van der Waals surface area contributed by atoms with Crippen LogP contribution >= 0.6 is 0 Å². The Bertz CT molecular complexity index is 1170. The van der Waals surface area contributed by atoms with Crippen LogP contribution < -0.4 is 14.8 Å². The van der Waals surface area contributed by atoms with Gasteiger partial charge < -0.3 is 19.7 Å². The van der Waals surface area contributed by atoms with Crippen molar-refractivity contribution in [3.63, 3.8) is 0 Å². The first kappa shape index (κ1) is 28.8. The number of carbonyl (C=O) groups excluding carboxylic acids is 2. The Kier molecular flexibility index (Phi) is 10.3. The Morgan fingerprint density at radius 1 is 0.895 bits per heavy atom. The van der Waals surface area contributed by atoms with Gasteiger partial charge in [0.15, 0.2) is 0 Å². The summed E-state index contributed by atoms with van der Waals surface area (Å²) >= 11 is 0. The van der Waals surface area contributed by atoms with Gasteiger partial charge in [0, 0.05) is 24.9 Å². The van der Waals surface area contributed by atoms with Gasteiger partial charge in [-0.3, -0.25) is 9.59 Å². The molecule has 1 N–H and O–H groups in total. The Balaban J connectivity index is 1.79. The van der Waals surface area contributed by atoms with E-state index in [-0.39, 0.29) is 18.2 Å². The number of nitrogens with zero attached hydrogens (tertiary/aromatic N) is 1. The van der Waals surface area contributed by atoms with Crippen molar-refractivity contribution < 1.29 is 19.1 Å². The summed E-state index contributed by atoms with van der Waals surface area (Å²) in [7, 11) is 1.62. The summed E-state index contributed by atoms with van der Waals surface area (Å²) in [6, 6.07) is 24.7. The summed E-state index contributed by atoms with van der Waals surface area (Å²) in [6.45, 7) is 8.64. The summed E-state index contributed by atoms with van der Waals surface area (Å²) in [5, 5.41) is 3.10.